The van der Waals surface area contributed by atoms with E-state index in [1.54, 1.807) is 6.20 Å². The molecular formula is C26H35ClN6O3S. The number of piperidine rings is 1. The molecule has 0 aliphatic carbocycles. The summed E-state index contributed by atoms with van der Waals surface area (Å²) in [4.78, 5) is 24.9. The number of aliphatic hydroxyl groups excluding tert-OH is 1. The van der Waals surface area contributed by atoms with Gasteiger partial charge < -0.3 is 20.1 Å². The third-order valence-corrected chi connectivity index (χ3v) is 8.55. The molecule has 0 bridgehead atoms. The van der Waals surface area contributed by atoms with E-state index in [2.05, 4.69) is 27.3 Å². The number of rotatable bonds is 6. The van der Waals surface area contributed by atoms with Crippen LogP contribution in [0, 0.1) is 12.3 Å². The number of amides is 1. The first-order valence-electron chi connectivity index (χ1n) is 12.4. The molecule has 200 valence electrons. The number of anilines is 1. The van der Waals surface area contributed by atoms with Gasteiger partial charge in [0.2, 0.25) is 0 Å². The third kappa shape index (κ3) is 6.13. The summed E-state index contributed by atoms with van der Waals surface area (Å²) in [7, 11) is 0. The van der Waals surface area contributed by atoms with E-state index in [4.69, 9.17) is 26.3 Å². The Labute approximate surface area is 226 Å². The predicted octanol–water partition coefficient (Wildman–Crippen LogP) is 5.48. The SMILES string of the molecule is Cc1nc(N2CCC(C)(C(C)OC(=O)NC(C)(C)C)CC2)c(CO)nc1Sc1ccc2cn[nH]c2c1Cl. The summed E-state index contributed by atoms with van der Waals surface area (Å²) in [6, 6.07) is 3.90. The number of aromatic nitrogens is 4. The average molecular weight is 547 g/mol. The van der Waals surface area contributed by atoms with Crippen LogP contribution < -0.4 is 10.2 Å². The van der Waals surface area contributed by atoms with E-state index in [0.29, 0.717) is 21.6 Å². The van der Waals surface area contributed by atoms with Crippen molar-refractivity contribution in [3.8, 4) is 0 Å². The quantitative estimate of drug-likeness (QED) is 0.372. The number of nitrogens with zero attached hydrogens (tertiary/aromatic N) is 4. The number of H-pyrrole nitrogens is 1. The van der Waals surface area contributed by atoms with E-state index < -0.39 is 6.09 Å². The van der Waals surface area contributed by atoms with Crippen molar-refractivity contribution >= 4 is 46.2 Å². The molecule has 4 rings (SSSR count). The van der Waals surface area contributed by atoms with Gasteiger partial charge in [0.25, 0.3) is 0 Å². The molecule has 1 aromatic carbocycles. The number of hydrogen-bond acceptors (Lipinski definition) is 8. The largest absolute Gasteiger partial charge is 0.446 e. The lowest BCUT2D eigenvalue weighted by atomic mass is 9.76. The topological polar surface area (TPSA) is 116 Å². The standard InChI is InChI=1S/C26H35ClN6O3S/c1-15-23(37-19-8-7-17-13-28-32-21(17)20(19)27)30-18(14-34)22(29-15)33-11-9-26(6,10-12-33)16(2)36-24(35)31-25(3,4)5/h7-8,13,16,34H,9-12,14H2,1-6H3,(H,28,32)(H,31,35). The second kappa shape index (κ2) is 10.7. The van der Waals surface area contributed by atoms with Crippen LogP contribution in [0.5, 0.6) is 0 Å². The monoisotopic (exact) mass is 546 g/mol. The molecule has 3 aromatic rings. The Kier molecular flexibility index (Phi) is 7.92. The number of aromatic amines is 1. The van der Waals surface area contributed by atoms with Gasteiger partial charge in [-0.15, -0.1) is 0 Å². The van der Waals surface area contributed by atoms with Crippen LogP contribution in [-0.2, 0) is 11.3 Å². The first kappa shape index (κ1) is 27.5. The Morgan fingerprint density at radius 2 is 2.03 bits per heavy atom. The second-order valence-electron chi connectivity index (χ2n) is 10.9. The molecule has 2 aromatic heterocycles. The molecule has 0 radical (unpaired) electrons. The summed E-state index contributed by atoms with van der Waals surface area (Å²) in [5.74, 6) is 0.695. The zero-order chi connectivity index (χ0) is 27.0. The van der Waals surface area contributed by atoms with Crippen LogP contribution in [0.25, 0.3) is 10.9 Å². The van der Waals surface area contributed by atoms with Gasteiger partial charge >= 0.3 is 6.09 Å². The number of fused-ring (bicyclic) bond motifs is 1. The van der Waals surface area contributed by atoms with E-state index in [0.717, 1.165) is 47.4 Å². The molecule has 11 heteroatoms. The molecule has 1 fully saturated rings. The number of aliphatic hydroxyl groups is 1. The van der Waals surface area contributed by atoms with Gasteiger partial charge in [-0.25, -0.2) is 14.8 Å². The Bertz CT molecular complexity index is 1280. The molecule has 9 nitrogen and oxygen atoms in total. The number of aryl methyl sites for hydroxylation is 1. The summed E-state index contributed by atoms with van der Waals surface area (Å²) in [5.41, 5.74) is 1.57. The predicted molar refractivity (Wildman–Crippen MR) is 146 cm³/mol. The maximum Gasteiger partial charge on any atom is 0.407 e. The van der Waals surface area contributed by atoms with Gasteiger partial charge in [0.1, 0.15) is 16.8 Å². The maximum atomic E-state index is 12.3. The summed E-state index contributed by atoms with van der Waals surface area (Å²) in [6.45, 7) is 13.0. The van der Waals surface area contributed by atoms with Crippen LogP contribution in [-0.4, -0.2) is 56.1 Å². The highest BCUT2D eigenvalue weighted by atomic mass is 35.5. The first-order chi connectivity index (χ1) is 17.4. The lowest BCUT2D eigenvalue weighted by Crippen LogP contribution is -2.48. The van der Waals surface area contributed by atoms with Gasteiger partial charge in [0, 0.05) is 34.3 Å². The van der Waals surface area contributed by atoms with E-state index in [9.17, 15) is 9.90 Å². The number of nitrogens with one attached hydrogen (secondary N) is 2. The van der Waals surface area contributed by atoms with Gasteiger partial charge in [-0.2, -0.15) is 5.10 Å². The lowest BCUT2D eigenvalue weighted by molar-refractivity contribution is 0.00881. The van der Waals surface area contributed by atoms with Crippen LogP contribution >= 0.6 is 23.4 Å². The minimum absolute atomic E-state index is 0.161. The fourth-order valence-electron chi connectivity index (χ4n) is 4.40. The van der Waals surface area contributed by atoms with E-state index in [1.165, 1.54) is 11.8 Å². The number of alkyl carbamates (subject to hydrolysis) is 1. The molecule has 1 aliphatic heterocycles. The third-order valence-electron chi connectivity index (χ3n) is 6.90. The fraction of sp³-hybridized carbons (Fsp3) is 0.538. The molecule has 1 aliphatic rings. The van der Waals surface area contributed by atoms with Gasteiger partial charge in [-0.3, -0.25) is 5.10 Å². The summed E-state index contributed by atoms with van der Waals surface area (Å²) >= 11 is 8.01. The fourth-order valence-corrected chi connectivity index (χ4v) is 5.61. The van der Waals surface area contributed by atoms with Crippen molar-refractivity contribution in [2.75, 3.05) is 18.0 Å². The first-order valence-corrected chi connectivity index (χ1v) is 13.6. The van der Waals surface area contributed by atoms with Crippen LogP contribution in [0.15, 0.2) is 28.3 Å². The highest BCUT2D eigenvalue weighted by Gasteiger charge is 2.38. The summed E-state index contributed by atoms with van der Waals surface area (Å²) < 4.78 is 5.72. The van der Waals surface area contributed by atoms with Gasteiger partial charge in [0.05, 0.1) is 29.0 Å². The highest BCUT2D eigenvalue weighted by molar-refractivity contribution is 7.99. The van der Waals surface area contributed by atoms with Crippen molar-refractivity contribution < 1.29 is 14.6 Å². The zero-order valence-electron chi connectivity index (χ0n) is 22.2. The number of carbonyl (C=O) groups excluding carboxylic acids is 1. The van der Waals surface area contributed by atoms with Crippen LogP contribution in [0.4, 0.5) is 10.6 Å². The number of halogens is 1. The summed E-state index contributed by atoms with van der Waals surface area (Å²) in [6.07, 6.45) is 2.74. The lowest BCUT2D eigenvalue weighted by Gasteiger charge is -2.43. The molecule has 1 atom stereocenters. The van der Waals surface area contributed by atoms with Crippen molar-refractivity contribution in [3.63, 3.8) is 0 Å². The normalized spacial score (nSPS) is 16.6. The minimum atomic E-state index is -0.396. The molecule has 37 heavy (non-hydrogen) atoms. The molecule has 3 N–H and O–H groups in total. The molecule has 3 heterocycles. The number of carbonyl (C=O) groups is 1. The van der Waals surface area contributed by atoms with Crippen LogP contribution in [0.2, 0.25) is 5.02 Å². The Balaban J connectivity index is 1.47. The number of benzene rings is 1. The number of hydrogen-bond donors (Lipinski definition) is 3. The summed E-state index contributed by atoms with van der Waals surface area (Å²) in [5, 5.41) is 22.2. The highest BCUT2D eigenvalue weighted by Crippen LogP contribution is 2.40. The van der Waals surface area contributed by atoms with Crippen LogP contribution in [0.1, 0.15) is 58.8 Å². The number of ether oxygens (including phenoxy) is 1. The minimum Gasteiger partial charge on any atom is -0.446 e. The van der Waals surface area contributed by atoms with Crippen molar-refractivity contribution in [1.82, 2.24) is 25.5 Å². The Morgan fingerprint density at radius 3 is 2.68 bits per heavy atom. The van der Waals surface area contributed by atoms with Crippen molar-refractivity contribution in [3.05, 3.63) is 34.7 Å². The maximum absolute atomic E-state index is 12.3. The molecule has 1 unspecified atom stereocenters. The zero-order valence-corrected chi connectivity index (χ0v) is 23.8. The molecular weight excluding hydrogens is 512 g/mol. The van der Waals surface area contributed by atoms with Crippen molar-refractivity contribution in [2.45, 2.75) is 82.6 Å². The molecule has 1 amide bonds. The molecule has 0 saturated carbocycles. The van der Waals surface area contributed by atoms with Gasteiger partial charge in [-0.05, 0) is 59.6 Å². The van der Waals surface area contributed by atoms with E-state index in [-0.39, 0.29) is 23.7 Å². The van der Waals surface area contributed by atoms with Crippen LogP contribution in [0.3, 0.4) is 0 Å². The molecule has 1 saturated heterocycles. The van der Waals surface area contributed by atoms with Crippen molar-refractivity contribution in [1.29, 1.82) is 0 Å². The van der Waals surface area contributed by atoms with Gasteiger partial charge in [0.15, 0.2) is 5.82 Å². The van der Waals surface area contributed by atoms with Gasteiger partial charge in [-0.1, -0.05) is 30.3 Å². The Morgan fingerprint density at radius 1 is 1.32 bits per heavy atom. The smallest absolute Gasteiger partial charge is 0.407 e. The second-order valence-corrected chi connectivity index (χ2v) is 12.3. The Hall–Kier alpha value is -2.56. The van der Waals surface area contributed by atoms with E-state index in [1.807, 2.05) is 46.8 Å². The average Bonchev–Trinajstić information content (AvgIpc) is 3.31. The molecule has 0 spiro atoms. The van der Waals surface area contributed by atoms with E-state index >= 15 is 0 Å². The van der Waals surface area contributed by atoms with Crippen molar-refractivity contribution in [2.24, 2.45) is 5.41 Å².